The summed E-state index contributed by atoms with van der Waals surface area (Å²) in [5.41, 5.74) is 19.5. The molecule has 4 aromatic carbocycles. The molecule has 0 aromatic heterocycles. The monoisotopic (exact) mass is 416 g/mol. The molecule has 0 unspecified atom stereocenters. The highest BCUT2D eigenvalue weighted by Gasteiger charge is 2.20. The van der Waals surface area contributed by atoms with E-state index in [2.05, 4.69) is 72.8 Å². The molecule has 0 aliphatic carbocycles. The predicted octanol–water partition coefficient (Wildman–Crippen LogP) is 5.86. The highest BCUT2D eigenvalue weighted by molar-refractivity contribution is 5.71. The van der Waals surface area contributed by atoms with E-state index in [0.29, 0.717) is 11.6 Å². The molecule has 4 heteroatoms. The van der Waals surface area contributed by atoms with Gasteiger partial charge in [-0.25, -0.2) is 0 Å². The highest BCUT2D eigenvalue weighted by Crippen LogP contribution is 2.30. The maximum Gasteiger partial charge on any atom is 0.149 e. The number of benzene rings is 4. The van der Waals surface area contributed by atoms with Crippen LogP contribution in [0.1, 0.15) is 0 Å². The molecule has 4 nitrogen and oxygen atoms in total. The van der Waals surface area contributed by atoms with Crippen molar-refractivity contribution < 1.29 is 0 Å². The second kappa shape index (κ2) is 8.36. The molecule has 1 aliphatic rings. The van der Waals surface area contributed by atoms with Gasteiger partial charge in [0.15, 0.2) is 0 Å². The fraction of sp³-hybridized carbons (Fsp3) is 0. The van der Waals surface area contributed by atoms with E-state index in [1.54, 1.807) is 0 Å². The zero-order valence-electron chi connectivity index (χ0n) is 17.6. The summed E-state index contributed by atoms with van der Waals surface area (Å²) in [5, 5.41) is 0. The van der Waals surface area contributed by atoms with E-state index in [0.717, 1.165) is 22.5 Å². The molecule has 0 amide bonds. The van der Waals surface area contributed by atoms with Crippen LogP contribution in [0.3, 0.4) is 0 Å². The molecule has 4 N–H and O–H groups in total. The lowest BCUT2D eigenvalue weighted by Crippen LogP contribution is -2.37. The first-order valence-electron chi connectivity index (χ1n) is 10.5. The lowest BCUT2D eigenvalue weighted by atomic mass is 10.1. The van der Waals surface area contributed by atoms with E-state index >= 15 is 0 Å². The van der Waals surface area contributed by atoms with E-state index in [4.69, 9.17) is 11.5 Å². The fourth-order valence-corrected chi connectivity index (χ4v) is 3.88. The van der Waals surface area contributed by atoms with Gasteiger partial charge in [-0.05, 0) is 46.5 Å². The molecule has 156 valence electrons. The smallest absolute Gasteiger partial charge is 0.149 e. The molecule has 0 spiro atoms. The van der Waals surface area contributed by atoms with Gasteiger partial charge < -0.3 is 11.5 Å². The molecule has 4 aromatic rings. The van der Waals surface area contributed by atoms with Crippen molar-refractivity contribution in [3.05, 3.63) is 133 Å². The SMILES string of the molecule is NC1=C(N)N(c2ccc(-c3ccccc3)cc2)C=CN1c1ccc(-c2ccccc2)cc1. The molecule has 0 bridgehead atoms. The van der Waals surface area contributed by atoms with Gasteiger partial charge in [0.1, 0.15) is 11.6 Å². The van der Waals surface area contributed by atoms with Crippen molar-refractivity contribution in [1.29, 1.82) is 0 Å². The number of hydrogen-bond donors (Lipinski definition) is 2. The average Bonchev–Trinajstić information content (AvgIpc) is 2.87. The van der Waals surface area contributed by atoms with E-state index in [9.17, 15) is 0 Å². The minimum Gasteiger partial charge on any atom is -0.382 e. The molecule has 0 saturated heterocycles. The number of anilines is 2. The van der Waals surface area contributed by atoms with Crippen LogP contribution in [0, 0.1) is 0 Å². The maximum atomic E-state index is 6.44. The van der Waals surface area contributed by atoms with Crippen molar-refractivity contribution in [2.45, 2.75) is 0 Å². The van der Waals surface area contributed by atoms with E-state index in [1.165, 1.54) is 11.1 Å². The third kappa shape index (κ3) is 3.70. The van der Waals surface area contributed by atoms with E-state index < -0.39 is 0 Å². The Kier molecular flexibility index (Phi) is 5.10. The first kappa shape index (κ1) is 19.5. The second-order valence-electron chi connectivity index (χ2n) is 7.63. The standard InChI is InChI=1S/C28H24N4/c29-27-28(30)32(26-17-13-24(14-18-26)22-9-5-2-6-10-22)20-19-31(27)25-15-11-23(12-16-25)21-7-3-1-4-8-21/h1-20H,29-30H2. The third-order valence-electron chi connectivity index (χ3n) is 5.65. The van der Waals surface area contributed by atoms with Crippen LogP contribution < -0.4 is 21.3 Å². The van der Waals surface area contributed by atoms with E-state index in [1.807, 2.05) is 58.6 Å². The van der Waals surface area contributed by atoms with Gasteiger partial charge in [-0.1, -0.05) is 84.9 Å². The molecule has 0 radical (unpaired) electrons. The average molecular weight is 417 g/mol. The van der Waals surface area contributed by atoms with Crippen LogP contribution in [0.15, 0.2) is 133 Å². The van der Waals surface area contributed by atoms with Crippen molar-refractivity contribution in [2.24, 2.45) is 11.5 Å². The number of nitrogens with zero attached hydrogens (tertiary/aromatic N) is 2. The molecular weight excluding hydrogens is 392 g/mol. The normalized spacial score (nSPS) is 13.5. The van der Waals surface area contributed by atoms with Gasteiger partial charge in [-0.2, -0.15) is 0 Å². The van der Waals surface area contributed by atoms with Gasteiger partial charge in [0.2, 0.25) is 0 Å². The summed E-state index contributed by atoms with van der Waals surface area (Å²) in [5.74, 6) is 0.985. The molecule has 0 saturated carbocycles. The summed E-state index contributed by atoms with van der Waals surface area (Å²) >= 11 is 0. The minimum absolute atomic E-state index is 0.493. The largest absolute Gasteiger partial charge is 0.382 e. The Morgan fingerprint density at radius 3 is 1.03 bits per heavy atom. The Hall–Kier alpha value is -4.44. The Labute approximate surface area is 188 Å². The van der Waals surface area contributed by atoms with Crippen LogP contribution in [-0.2, 0) is 0 Å². The molecular formula is C28H24N4. The first-order chi connectivity index (χ1) is 15.7. The lowest BCUT2D eigenvalue weighted by Gasteiger charge is -2.32. The second-order valence-corrected chi connectivity index (χ2v) is 7.63. The van der Waals surface area contributed by atoms with Crippen LogP contribution in [0.5, 0.6) is 0 Å². The zero-order valence-corrected chi connectivity index (χ0v) is 17.6. The van der Waals surface area contributed by atoms with Gasteiger partial charge in [0, 0.05) is 23.8 Å². The summed E-state index contributed by atoms with van der Waals surface area (Å²) in [7, 11) is 0. The summed E-state index contributed by atoms with van der Waals surface area (Å²) in [6, 6.07) is 37.2. The molecule has 1 heterocycles. The predicted molar refractivity (Wildman–Crippen MR) is 133 cm³/mol. The van der Waals surface area contributed by atoms with Gasteiger partial charge in [-0.15, -0.1) is 0 Å². The van der Waals surface area contributed by atoms with Crippen molar-refractivity contribution >= 4 is 11.4 Å². The van der Waals surface area contributed by atoms with Crippen LogP contribution >= 0.6 is 0 Å². The summed E-state index contributed by atoms with van der Waals surface area (Å²) < 4.78 is 0. The summed E-state index contributed by atoms with van der Waals surface area (Å²) in [4.78, 5) is 3.80. The topological polar surface area (TPSA) is 58.5 Å². The molecule has 0 atom stereocenters. The van der Waals surface area contributed by atoms with Gasteiger partial charge >= 0.3 is 0 Å². The quantitative estimate of drug-likeness (QED) is 0.437. The maximum absolute atomic E-state index is 6.44. The van der Waals surface area contributed by atoms with Crippen LogP contribution in [0.25, 0.3) is 22.3 Å². The third-order valence-corrected chi connectivity index (χ3v) is 5.65. The van der Waals surface area contributed by atoms with Crippen LogP contribution in [-0.4, -0.2) is 0 Å². The Bertz CT molecular complexity index is 1160. The minimum atomic E-state index is 0.493. The molecule has 1 aliphatic heterocycles. The Balaban J connectivity index is 1.37. The summed E-state index contributed by atoms with van der Waals surface area (Å²) in [6.07, 6.45) is 3.88. The van der Waals surface area contributed by atoms with Crippen LogP contribution in [0.2, 0.25) is 0 Å². The van der Waals surface area contributed by atoms with Crippen molar-refractivity contribution in [1.82, 2.24) is 0 Å². The number of hydrogen-bond acceptors (Lipinski definition) is 4. The molecule has 5 rings (SSSR count). The number of rotatable bonds is 4. The van der Waals surface area contributed by atoms with Gasteiger partial charge in [0.25, 0.3) is 0 Å². The Morgan fingerprint density at radius 1 is 0.375 bits per heavy atom. The van der Waals surface area contributed by atoms with E-state index in [-0.39, 0.29) is 0 Å². The Morgan fingerprint density at radius 2 is 0.688 bits per heavy atom. The fourth-order valence-electron chi connectivity index (χ4n) is 3.88. The lowest BCUT2D eigenvalue weighted by molar-refractivity contribution is 0.955. The molecule has 32 heavy (non-hydrogen) atoms. The van der Waals surface area contributed by atoms with Crippen molar-refractivity contribution in [2.75, 3.05) is 9.80 Å². The highest BCUT2D eigenvalue weighted by atomic mass is 15.3. The van der Waals surface area contributed by atoms with Crippen molar-refractivity contribution in [3.8, 4) is 22.3 Å². The summed E-state index contributed by atoms with van der Waals surface area (Å²) in [6.45, 7) is 0. The van der Waals surface area contributed by atoms with Gasteiger partial charge in [0.05, 0.1) is 0 Å². The van der Waals surface area contributed by atoms with Crippen LogP contribution in [0.4, 0.5) is 11.4 Å². The van der Waals surface area contributed by atoms with Crippen molar-refractivity contribution in [3.63, 3.8) is 0 Å². The first-order valence-corrected chi connectivity index (χ1v) is 10.5. The van der Waals surface area contributed by atoms with Gasteiger partial charge in [-0.3, -0.25) is 9.80 Å². The number of nitrogens with two attached hydrogens (primary N) is 2. The molecule has 0 fully saturated rings. The zero-order chi connectivity index (χ0) is 21.9.